The zero-order chi connectivity index (χ0) is 12.7. The van der Waals surface area contributed by atoms with Crippen LogP contribution >= 0.6 is 0 Å². The Morgan fingerprint density at radius 3 is 2.76 bits per heavy atom. The summed E-state index contributed by atoms with van der Waals surface area (Å²) in [6, 6.07) is 0.0688. The lowest BCUT2D eigenvalue weighted by molar-refractivity contribution is -0.125. The smallest absolute Gasteiger partial charge is 0.224 e. The number of ether oxygens (including phenoxy) is 1. The van der Waals surface area contributed by atoms with E-state index in [9.17, 15) is 4.79 Å². The van der Waals surface area contributed by atoms with Gasteiger partial charge in [0.15, 0.2) is 0 Å². The maximum atomic E-state index is 11.8. The molecule has 4 nitrogen and oxygen atoms in total. The van der Waals surface area contributed by atoms with Crippen molar-refractivity contribution in [2.75, 3.05) is 13.2 Å². The monoisotopic (exact) mass is 242 g/mol. The van der Waals surface area contributed by atoms with Gasteiger partial charge >= 0.3 is 0 Å². The summed E-state index contributed by atoms with van der Waals surface area (Å²) in [5.41, 5.74) is 5.88. The Labute approximate surface area is 104 Å². The van der Waals surface area contributed by atoms with Crippen molar-refractivity contribution in [3.63, 3.8) is 0 Å². The number of nitrogens with two attached hydrogens (primary N) is 1. The first-order chi connectivity index (χ1) is 8.11. The molecule has 0 saturated heterocycles. The second-order valence-corrected chi connectivity index (χ2v) is 5.12. The van der Waals surface area contributed by atoms with Crippen molar-refractivity contribution in [1.82, 2.24) is 5.32 Å². The van der Waals surface area contributed by atoms with Crippen LogP contribution in [0.15, 0.2) is 0 Å². The van der Waals surface area contributed by atoms with Gasteiger partial charge in [-0.15, -0.1) is 0 Å². The van der Waals surface area contributed by atoms with Gasteiger partial charge in [0.1, 0.15) is 0 Å². The van der Waals surface area contributed by atoms with Gasteiger partial charge in [-0.2, -0.15) is 0 Å². The molecule has 1 rings (SSSR count). The Bertz CT molecular complexity index is 231. The summed E-state index contributed by atoms with van der Waals surface area (Å²) in [4.78, 5) is 11.8. The number of hydrogen-bond acceptors (Lipinski definition) is 3. The van der Waals surface area contributed by atoms with E-state index in [-0.39, 0.29) is 17.9 Å². The molecule has 0 aromatic carbocycles. The molecule has 17 heavy (non-hydrogen) atoms. The van der Waals surface area contributed by atoms with E-state index in [1.807, 2.05) is 13.8 Å². The summed E-state index contributed by atoms with van der Waals surface area (Å²) in [7, 11) is 0. The largest absolute Gasteiger partial charge is 0.379 e. The molecule has 1 aliphatic carbocycles. The first kappa shape index (κ1) is 14.5. The van der Waals surface area contributed by atoms with E-state index in [0.29, 0.717) is 6.10 Å². The van der Waals surface area contributed by atoms with E-state index in [2.05, 4.69) is 5.32 Å². The van der Waals surface area contributed by atoms with Crippen LogP contribution in [0.5, 0.6) is 0 Å². The number of hydrogen-bond donors (Lipinski definition) is 2. The predicted octanol–water partition coefficient (Wildman–Crippen LogP) is 1.44. The van der Waals surface area contributed by atoms with Crippen LogP contribution in [0.1, 0.15) is 46.0 Å². The molecule has 100 valence electrons. The van der Waals surface area contributed by atoms with Crippen molar-refractivity contribution in [3.8, 4) is 0 Å². The first-order valence-corrected chi connectivity index (χ1v) is 6.76. The van der Waals surface area contributed by atoms with E-state index < -0.39 is 0 Å². The van der Waals surface area contributed by atoms with Crippen LogP contribution in [0, 0.1) is 5.92 Å². The minimum Gasteiger partial charge on any atom is -0.379 e. The third-order valence-electron chi connectivity index (χ3n) is 3.23. The highest BCUT2D eigenvalue weighted by Gasteiger charge is 2.29. The molecule has 2 unspecified atom stereocenters. The van der Waals surface area contributed by atoms with E-state index >= 15 is 0 Å². The minimum atomic E-state index is 0.0434. The van der Waals surface area contributed by atoms with Crippen molar-refractivity contribution >= 4 is 5.91 Å². The first-order valence-electron chi connectivity index (χ1n) is 6.76. The zero-order valence-electron chi connectivity index (χ0n) is 11.1. The molecule has 0 radical (unpaired) electrons. The van der Waals surface area contributed by atoms with Crippen LogP contribution in [0.4, 0.5) is 0 Å². The number of rotatable bonds is 7. The molecule has 3 N–H and O–H groups in total. The summed E-state index contributed by atoms with van der Waals surface area (Å²) in [5, 5.41) is 2.97. The summed E-state index contributed by atoms with van der Waals surface area (Å²) in [5.74, 6) is 0.182. The number of amides is 1. The Morgan fingerprint density at radius 2 is 2.18 bits per heavy atom. The van der Waals surface area contributed by atoms with Crippen molar-refractivity contribution < 1.29 is 9.53 Å². The summed E-state index contributed by atoms with van der Waals surface area (Å²) < 4.78 is 5.43. The third-order valence-corrected chi connectivity index (χ3v) is 3.23. The molecular weight excluding hydrogens is 216 g/mol. The van der Waals surface area contributed by atoms with Crippen LogP contribution in [0.25, 0.3) is 0 Å². The lowest BCUT2D eigenvalue weighted by Crippen LogP contribution is -2.38. The SMILES string of the molecule is CC(C)OCCCCNC(=O)C1CCCC1N. The fraction of sp³-hybridized carbons (Fsp3) is 0.923. The van der Waals surface area contributed by atoms with Gasteiger partial charge in [0, 0.05) is 19.2 Å². The lowest BCUT2D eigenvalue weighted by Gasteiger charge is -2.15. The molecule has 1 aliphatic rings. The van der Waals surface area contributed by atoms with Gasteiger partial charge in [-0.1, -0.05) is 6.42 Å². The summed E-state index contributed by atoms with van der Waals surface area (Å²) in [6.07, 6.45) is 5.28. The average Bonchev–Trinajstić information content (AvgIpc) is 2.69. The van der Waals surface area contributed by atoms with Crippen LogP contribution in [0.2, 0.25) is 0 Å². The Hall–Kier alpha value is -0.610. The maximum absolute atomic E-state index is 11.8. The molecule has 2 atom stereocenters. The quantitative estimate of drug-likeness (QED) is 0.664. The molecule has 0 aromatic rings. The van der Waals surface area contributed by atoms with Crippen LogP contribution in [-0.4, -0.2) is 31.2 Å². The van der Waals surface area contributed by atoms with Gasteiger partial charge in [-0.05, 0) is 39.5 Å². The fourth-order valence-electron chi connectivity index (χ4n) is 2.20. The molecule has 0 spiro atoms. The van der Waals surface area contributed by atoms with E-state index in [4.69, 9.17) is 10.5 Å². The summed E-state index contributed by atoms with van der Waals surface area (Å²) >= 11 is 0. The molecule has 0 aliphatic heterocycles. The molecule has 1 fully saturated rings. The molecule has 4 heteroatoms. The highest BCUT2D eigenvalue weighted by molar-refractivity contribution is 5.79. The molecule has 0 heterocycles. The van der Waals surface area contributed by atoms with Gasteiger partial charge in [0.05, 0.1) is 12.0 Å². The number of nitrogens with one attached hydrogen (secondary N) is 1. The minimum absolute atomic E-state index is 0.0434. The van der Waals surface area contributed by atoms with Crippen molar-refractivity contribution in [2.45, 2.75) is 58.1 Å². The van der Waals surface area contributed by atoms with Gasteiger partial charge in [-0.3, -0.25) is 4.79 Å². The van der Waals surface area contributed by atoms with E-state index in [0.717, 1.165) is 45.3 Å². The highest BCUT2D eigenvalue weighted by atomic mass is 16.5. The van der Waals surface area contributed by atoms with Gasteiger partial charge in [0.2, 0.25) is 5.91 Å². The Kier molecular flexibility index (Phi) is 6.52. The van der Waals surface area contributed by atoms with Crippen LogP contribution in [0.3, 0.4) is 0 Å². The Morgan fingerprint density at radius 1 is 1.41 bits per heavy atom. The van der Waals surface area contributed by atoms with E-state index in [1.165, 1.54) is 0 Å². The number of carbonyl (C=O) groups excluding carboxylic acids is 1. The van der Waals surface area contributed by atoms with E-state index in [1.54, 1.807) is 0 Å². The fourth-order valence-corrected chi connectivity index (χ4v) is 2.20. The lowest BCUT2D eigenvalue weighted by atomic mass is 10.0. The van der Waals surface area contributed by atoms with Gasteiger partial charge in [-0.25, -0.2) is 0 Å². The molecule has 0 bridgehead atoms. The zero-order valence-corrected chi connectivity index (χ0v) is 11.1. The molecular formula is C13H26N2O2. The average molecular weight is 242 g/mol. The van der Waals surface area contributed by atoms with Crippen molar-refractivity contribution in [1.29, 1.82) is 0 Å². The standard InChI is InChI=1S/C13H26N2O2/c1-10(2)17-9-4-3-8-15-13(16)11-6-5-7-12(11)14/h10-12H,3-9,14H2,1-2H3,(H,15,16). The number of unbranched alkanes of at least 4 members (excludes halogenated alkanes) is 1. The topological polar surface area (TPSA) is 64.3 Å². The molecule has 1 amide bonds. The summed E-state index contributed by atoms with van der Waals surface area (Å²) in [6.45, 7) is 5.58. The van der Waals surface area contributed by atoms with Gasteiger partial charge in [0.25, 0.3) is 0 Å². The van der Waals surface area contributed by atoms with Gasteiger partial charge < -0.3 is 15.8 Å². The van der Waals surface area contributed by atoms with Crippen molar-refractivity contribution in [3.05, 3.63) is 0 Å². The normalized spacial score (nSPS) is 24.2. The second-order valence-electron chi connectivity index (χ2n) is 5.12. The third kappa shape index (κ3) is 5.50. The maximum Gasteiger partial charge on any atom is 0.224 e. The van der Waals surface area contributed by atoms with Crippen molar-refractivity contribution in [2.24, 2.45) is 11.7 Å². The highest BCUT2D eigenvalue weighted by Crippen LogP contribution is 2.23. The second kappa shape index (κ2) is 7.67. The molecule has 0 aromatic heterocycles. The van der Waals surface area contributed by atoms with Crippen LogP contribution in [-0.2, 0) is 9.53 Å². The number of carbonyl (C=O) groups is 1. The van der Waals surface area contributed by atoms with Crippen LogP contribution < -0.4 is 11.1 Å². The predicted molar refractivity (Wildman–Crippen MR) is 68.6 cm³/mol. The Balaban J connectivity index is 2.00. The molecule has 1 saturated carbocycles.